The minimum Gasteiger partial charge on any atom is -0.459 e. The van der Waals surface area contributed by atoms with Gasteiger partial charge in [-0.05, 0) is 17.7 Å². The van der Waals surface area contributed by atoms with Crippen LogP contribution < -0.4 is 5.43 Å². The molecule has 0 aliphatic heterocycles. The van der Waals surface area contributed by atoms with E-state index in [4.69, 9.17) is 4.42 Å². The normalized spacial score (nSPS) is 11.9. The zero-order chi connectivity index (χ0) is 18.5. The summed E-state index contributed by atoms with van der Waals surface area (Å²) in [6.45, 7) is 0. The molecule has 132 valence electrons. The zero-order valence-corrected chi connectivity index (χ0v) is 15.4. The SMILES string of the molecule is O=c1cc(-c2ccccc2)oc(C(Sc2ccccc2)c2ccccc2)c1. The van der Waals surface area contributed by atoms with Crippen molar-refractivity contribution >= 4 is 11.8 Å². The van der Waals surface area contributed by atoms with Crippen LogP contribution in [0.25, 0.3) is 11.3 Å². The summed E-state index contributed by atoms with van der Waals surface area (Å²) < 4.78 is 6.21. The van der Waals surface area contributed by atoms with E-state index in [1.54, 1.807) is 23.9 Å². The molecule has 27 heavy (non-hydrogen) atoms. The lowest BCUT2D eigenvalue weighted by atomic mass is 10.1. The minimum atomic E-state index is -0.107. The third-order valence-electron chi connectivity index (χ3n) is 4.20. The van der Waals surface area contributed by atoms with Gasteiger partial charge < -0.3 is 4.42 Å². The summed E-state index contributed by atoms with van der Waals surface area (Å²) in [5, 5.41) is -0.107. The molecule has 1 heterocycles. The molecule has 0 amide bonds. The number of rotatable bonds is 5. The molecule has 0 radical (unpaired) electrons. The molecule has 1 aromatic heterocycles. The van der Waals surface area contributed by atoms with Crippen LogP contribution in [0.5, 0.6) is 0 Å². The van der Waals surface area contributed by atoms with Crippen LogP contribution >= 0.6 is 11.8 Å². The monoisotopic (exact) mass is 370 g/mol. The Kier molecular flexibility index (Phi) is 5.22. The quantitative estimate of drug-likeness (QED) is 0.392. The van der Waals surface area contributed by atoms with Gasteiger partial charge in [0.15, 0.2) is 5.43 Å². The fraction of sp³-hybridized carbons (Fsp3) is 0.0417. The van der Waals surface area contributed by atoms with Crippen molar-refractivity contribution in [2.45, 2.75) is 10.1 Å². The van der Waals surface area contributed by atoms with E-state index in [-0.39, 0.29) is 10.7 Å². The van der Waals surface area contributed by atoms with Crippen molar-refractivity contribution in [3.05, 3.63) is 125 Å². The molecule has 1 unspecified atom stereocenters. The Labute approximate surface area is 162 Å². The lowest BCUT2D eigenvalue weighted by Gasteiger charge is -2.17. The Balaban J connectivity index is 1.80. The first-order valence-corrected chi connectivity index (χ1v) is 9.65. The van der Waals surface area contributed by atoms with E-state index < -0.39 is 0 Å². The van der Waals surface area contributed by atoms with Crippen LogP contribution in [0.2, 0.25) is 0 Å². The molecule has 0 bridgehead atoms. The highest BCUT2D eigenvalue weighted by molar-refractivity contribution is 7.99. The maximum absolute atomic E-state index is 12.4. The molecule has 0 N–H and O–H groups in total. The second kappa shape index (κ2) is 8.11. The fourth-order valence-electron chi connectivity index (χ4n) is 2.92. The van der Waals surface area contributed by atoms with Gasteiger partial charge in [-0.25, -0.2) is 0 Å². The smallest absolute Gasteiger partial charge is 0.185 e. The Hall–Kier alpha value is -3.04. The lowest BCUT2D eigenvalue weighted by molar-refractivity contribution is 0.513. The first-order valence-electron chi connectivity index (χ1n) is 8.77. The largest absolute Gasteiger partial charge is 0.459 e. The van der Waals surface area contributed by atoms with E-state index >= 15 is 0 Å². The summed E-state index contributed by atoms with van der Waals surface area (Å²) in [5.41, 5.74) is 1.94. The van der Waals surface area contributed by atoms with Gasteiger partial charge in [0.05, 0.1) is 5.25 Å². The molecule has 4 aromatic rings. The Bertz CT molecular complexity index is 1060. The van der Waals surface area contributed by atoms with E-state index in [9.17, 15) is 4.79 Å². The Morgan fingerprint density at radius 1 is 0.704 bits per heavy atom. The van der Waals surface area contributed by atoms with Gasteiger partial charge in [-0.15, -0.1) is 11.8 Å². The van der Waals surface area contributed by atoms with Crippen LogP contribution in [0.3, 0.4) is 0 Å². The van der Waals surface area contributed by atoms with Gasteiger partial charge in [0.2, 0.25) is 0 Å². The summed E-state index contributed by atoms with van der Waals surface area (Å²) in [7, 11) is 0. The molecule has 0 spiro atoms. The second-order valence-corrected chi connectivity index (χ2v) is 7.33. The van der Waals surface area contributed by atoms with E-state index in [1.165, 1.54) is 0 Å². The highest BCUT2D eigenvalue weighted by Gasteiger charge is 2.20. The van der Waals surface area contributed by atoms with Gasteiger partial charge in [0.25, 0.3) is 0 Å². The zero-order valence-electron chi connectivity index (χ0n) is 14.6. The maximum Gasteiger partial charge on any atom is 0.185 e. The fourth-order valence-corrected chi connectivity index (χ4v) is 4.04. The van der Waals surface area contributed by atoms with Crippen molar-refractivity contribution in [3.63, 3.8) is 0 Å². The lowest BCUT2D eigenvalue weighted by Crippen LogP contribution is -2.05. The van der Waals surface area contributed by atoms with Gasteiger partial charge in [-0.3, -0.25) is 4.79 Å². The highest BCUT2D eigenvalue weighted by atomic mass is 32.2. The number of benzene rings is 3. The van der Waals surface area contributed by atoms with Gasteiger partial charge in [0.1, 0.15) is 11.5 Å². The molecular weight excluding hydrogens is 352 g/mol. The third kappa shape index (κ3) is 4.21. The third-order valence-corrected chi connectivity index (χ3v) is 5.49. The summed E-state index contributed by atoms with van der Waals surface area (Å²) in [4.78, 5) is 13.5. The molecule has 1 atom stereocenters. The van der Waals surface area contributed by atoms with Gasteiger partial charge >= 0.3 is 0 Å². The maximum atomic E-state index is 12.4. The van der Waals surface area contributed by atoms with Crippen molar-refractivity contribution in [2.75, 3.05) is 0 Å². The standard InChI is InChI=1S/C24H18O2S/c25-20-16-22(18-10-4-1-5-11-18)26-23(17-20)24(19-12-6-2-7-13-19)27-21-14-8-3-9-15-21/h1-17,24H. The first-order chi connectivity index (χ1) is 13.3. The molecule has 0 aliphatic carbocycles. The van der Waals surface area contributed by atoms with Crippen molar-refractivity contribution in [3.8, 4) is 11.3 Å². The van der Waals surface area contributed by atoms with Crippen molar-refractivity contribution < 1.29 is 4.42 Å². The molecule has 2 nitrogen and oxygen atoms in total. The topological polar surface area (TPSA) is 30.2 Å². The number of hydrogen-bond acceptors (Lipinski definition) is 3. The van der Waals surface area contributed by atoms with Gasteiger partial charge in [0, 0.05) is 22.6 Å². The van der Waals surface area contributed by atoms with Crippen molar-refractivity contribution in [1.82, 2.24) is 0 Å². The molecule has 4 rings (SSSR count). The minimum absolute atomic E-state index is 0.0512. The van der Waals surface area contributed by atoms with E-state index in [0.717, 1.165) is 16.0 Å². The van der Waals surface area contributed by atoms with E-state index in [2.05, 4.69) is 24.3 Å². The van der Waals surface area contributed by atoms with E-state index in [1.807, 2.05) is 66.7 Å². The predicted molar refractivity (Wildman–Crippen MR) is 111 cm³/mol. The van der Waals surface area contributed by atoms with Crippen LogP contribution in [0.4, 0.5) is 0 Å². The second-order valence-electron chi connectivity index (χ2n) is 6.15. The first kappa shape index (κ1) is 17.4. The summed E-state index contributed by atoms with van der Waals surface area (Å²) >= 11 is 1.67. The average Bonchev–Trinajstić information content (AvgIpc) is 2.73. The average molecular weight is 370 g/mol. The van der Waals surface area contributed by atoms with Gasteiger partial charge in [-0.2, -0.15) is 0 Å². The summed E-state index contributed by atoms with van der Waals surface area (Å²) in [6.07, 6.45) is 0. The van der Waals surface area contributed by atoms with Crippen molar-refractivity contribution in [2.24, 2.45) is 0 Å². The molecule has 0 saturated heterocycles. The van der Waals surface area contributed by atoms with Crippen LogP contribution in [0.1, 0.15) is 16.6 Å². The molecule has 0 saturated carbocycles. The van der Waals surface area contributed by atoms with Gasteiger partial charge in [-0.1, -0.05) is 78.9 Å². The Morgan fingerprint density at radius 3 is 1.96 bits per heavy atom. The van der Waals surface area contributed by atoms with Crippen LogP contribution in [0, 0.1) is 0 Å². The molecule has 0 aliphatic rings. The van der Waals surface area contributed by atoms with Crippen LogP contribution in [0.15, 0.2) is 117 Å². The molecule has 3 heteroatoms. The molecular formula is C24H18O2S. The molecule has 0 fully saturated rings. The van der Waals surface area contributed by atoms with Crippen molar-refractivity contribution in [1.29, 1.82) is 0 Å². The number of hydrogen-bond donors (Lipinski definition) is 0. The summed E-state index contributed by atoms with van der Waals surface area (Å²) in [6, 6.07) is 33.2. The summed E-state index contributed by atoms with van der Waals surface area (Å²) in [5.74, 6) is 1.24. The van der Waals surface area contributed by atoms with Crippen LogP contribution in [-0.2, 0) is 0 Å². The highest BCUT2D eigenvalue weighted by Crippen LogP contribution is 2.40. The van der Waals surface area contributed by atoms with E-state index in [0.29, 0.717) is 11.5 Å². The van der Waals surface area contributed by atoms with Crippen LogP contribution in [-0.4, -0.2) is 0 Å². The Morgan fingerprint density at radius 2 is 1.30 bits per heavy atom. The molecule has 3 aromatic carbocycles. The number of thioether (sulfide) groups is 1. The predicted octanol–water partition coefficient (Wildman–Crippen LogP) is 6.19.